The van der Waals surface area contributed by atoms with E-state index in [1.54, 1.807) is 30.3 Å². The summed E-state index contributed by atoms with van der Waals surface area (Å²) in [7, 11) is 0. The molecule has 0 fully saturated rings. The monoisotopic (exact) mass is 358 g/mol. The molecule has 136 valence electrons. The van der Waals surface area contributed by atoms with Gasteiger partial charge >= 0.3 is 5.97 Å². The highest BCUT2D eigenvalue weighted by Crippen LogP contribution is 2.14. The van der Waals surface area contributed by atoms with Crippen LogP contribution < -0.4 is 10.6 Å². The van der Waals surface area contributed by atoms with Crippen molar-refractivity contribution in [3.63, 3.8) is 0 Å². The van der Waals surface area contributed by atoms with E-state index in [0.717, 1.165) is 0 Å². The molecule has 7 heteroatoms. The smallest absolute Gasteiger partial charge is 0.311 e. The number of carbonyl (C=O) groups is 3. The topological polar surface area (TPSA) is 84.5 Å². The molecule has 26 heavy (non-hydrogen) atoms. The molecule has 2 N–H and O–H groups in total. The van der Waals surface area contributed by atoms with Crippen LogP contribution in [0.25, 0.3) is 0 Å². The molecule has 0 aliphatic carbocycles. The van der Waals surface area contributed by atoms with Gasteiger partial charge < -0.3 is 15.4 Å². The normalized spacial score (nSPS) is 11.3. The summed E-state index contributed by atoms with van der Waals surface area (Å²) in [6.07, 6.45) is -1.29. The first-order valence-electron chi connectivity index (χ1n) is 7.96. The molecule has 2 amide bonds. The predicted octanol–water partition coefficient (Wildman–Crippen LogP) is 2.90. The van der Waals surface area contributed by atoms with Gasteiger partial charge in [0.2, 0.25) is 5.91 Å². The van der Waals surface area contributed by atoms with Gasteiger partial charge in [-0.15, -0.1) is 0 Å². The molecule has 2 aromatic rings. The van der Waals surface area contributed by atoms with Crippen LogP contribution in [-0.2, 0) is 25.5 Å². The van der Waals surface area contributed by atoms with Crippen molar-refractivity contribution >= 4 is 29.2 Å². The van der Waals surface area contributed by atoms with Gasteiger partial charge in [0.25, 0.3) is 5.91 Å². The van der Waals surface area contributed by atoms with E-state index >= 15 is 0 Å². The molecule has 0 saturated carbocycles. The number of ether oxygens (including phenoxy) is 1. The van der Waals surface area contributed by atoms with Gasteiger partial charge in [0.15, 0.2) is 6.10 Å². The fourth-order valence-electron chi connectivity index (χ4n) is 2.17. The number of anilines is 2. The summed E-state index contributed by atoms with van der Waals surface area (Å²) in [5.41, 5.74) is 1.29. The first-order valence-corrected chi connectivity index (χ1v) is 7.96. The van der Waals surface area contributed by atoms with E-state index < -0.39 is 23.8 Å². The zero-order valence-electron chi connectivity index (χ0n) is 14.4. The Morgan fingerprint density at radius 3 is 2.15 bits per heavy atom. The summed E-state index contributed by atoms with van der Waals surface area (Å²) < 4.78 is 18.6. The second-order valence-corrected chi connectivity index (χ2v) is 5.65. The molecule has 2 aromatic carbocycles. The zero-order valence-corrected chi connectivity index (χ0v) is 14.4. The number of nitrogens with one attached hydrogen (secondary N) is 2. The Kier molecular flexibility index (Phi) is 6.43. The van der Waals surface area contributed by atoms with Crippen molar-refractivity contribution in [2.75, 3.05) is 10.6 Å². The maximum absolute atomic E-state index is 13.5. The van der Waals surface area contributed by atoms with E-state index in [4.69, 9.17) is 4.74 Å². The predicted molar refractivity (Wildman–Crippen MR) is 95.0 cm³/mol. The summed E-state index contributed by atoms with van der Waals surface area (Å²) in [6.45, 7) is 2.83. The molecule has 0 unspecified atom stereocenters. The van der Waals surface area contributed by atoms with Gasteiger partial charge in [-0.3, -0.25) is 14.4 Å². The van der Waals surface area contributed by atoms with Crippen molar-refractivity contribution in [2.45, 2.75) is 26.4 Å². The van der Waals surface area contributed by atoms with Crippen LogP contribution in [-0.4, -0.2) is 23.9 Å². The Morgan fingerprint density at radius 1 is 1.00 bits per heavy atom. The summed E-state index contributed by atoms with van der Waals surface area (Å²) in [4.78, 5) is 34.9. The molecule has 0 bridgehead atoms. The summed E-state index contributed by atoms with van der Waals surface area (Å²) in [5, 5.41) is 5.21. The third kappa shape index (κ3) is 5.70. The first-order chi connectivity index (χ1) is 12.3. The molecule has 2 rings (SSSR count). The molecule has 1 atom stereocenters. The van der Waals surface area contributed by atoms with Crippen molar-refractivity contribution in [1.29, 1.82) is 0 Å². The third-order valence-electron chi connectivity index (χ3n) is 3.44. The van der Waals surface area contributed by atoms with Crippen molar-refractivity contribution in [1.82, 2.24) is 0 Å². The second-order valence-electron chi connectivity index (χ2n) is 5.65. The Labute approximate surface area is 150 Å². The standard InChI is InChI=1S/C19H19FN2O4/c1-12(26-18(24)11-14-5-3-4-6-17(14)20)19(25)22-16-9-7-15(8-10-16)21-13(2)23/h3-10,12H,11H2,1-2H3,(H,21,23)(H,22,25)/t12-/m0/s1. The van der Waals surface area contributed by atoms with E-state index in [2.05, 4.69) is 10.6 Å². The molecule has 0 aromatic heterocycles. The lowest BCUT2D eigenvalue weighted by molar-refractivity contribution is -0.152. The van der Waals surface area contributed by atoms with Gasteiger partial charge in [-0.2, -0.15) is 0 Å². The van der Waals surface area contributed by atoms with E-state index in [1.165, 1.54) is 32.0 Å². The Hall–Kier alpha value is -3.22. The minimum atomic E-state index is -1.04. The van der Waals surface area contributed by atoms with Gasteiger partial charge in [-0.25, -0.2) is 4.39 Å². The quantitative estimate of drug-likeness (QED) is 0.778. The van der Waals surface area contributed by atoms with Crippen LogP contribution in [0.4, 0.5) is 15.8 Å². The van der Waals surface area contributed by atoms with Crippen molar-refractivity contribution in [2.24, 2.45) is 0 Å². The number of rotatable bonds is 6. The van der Waals surface area contributed by atoms with E-state index in [1.807, 2.05) is 0 Å². The second kappa shape index (κ2) is 8.75. The number of hydrogen-bond donors (Lipinski definition) is 2. The number of amides is 2. The van der Waals surface area contributed by atoms with Crippen LogP contribution in [0.15, 0.2) is 48.5 Å². The summed E-state index contributed by atoms with van der Waals surface area (Å²) in [6, 6.07) is 12.4. The molecular weight excluding hydrogens is 339 g/mol. The van der Waals surface area contributed by atoms with Crippen LogP contribution in [0.2, 0.25) is 0 Å². The summed E-state index contributed by atoms with van der Waals surface area (Å²) >= 11 is 0. The number of carbonyl (C=O) groups excluding carboxylic acids is 3. The maximum Gasteiger partial charge on any atom is 0.311 e. The Bertz CT molecular complexity index is 805. The first kappa shape index (κ1) is 19.1. The lowest BCUT2D eigenvalue weighted by Gasteiger charge is -2.14. The highest BCUT2D eigenvalue weighted by molar-refractivity contribution is 5.95. The lowest BCUT2D eigenvalue weighted by Crippen LogP contribution is -2.30. The fourth-order valence-corrected chi connectivity index (χ4v) is 2.17. The number of esters is 1. The van der Waals surface area contributed by atoms with Crippen LogP contribution in [0.3, 0.4) is 0 Å². The van der Waals surface area contributed by atoms with E-state index in [-0.39, 0.29) is 17.9 Å². The number of halogens is 1. The molecule has 0 aliphatic heterocycles. The van der Waals surface area contributed by atoms with Gasteiger partial charge in [-0.05, 0) is 42.8 Å². The van der Waals surface area contributed by atoms with Crippen molar-refractivity contribution in [3.8, 4) is 0 Å². The molecule has 0 aliphatic rings. The number of benzene rings is 2. The highest BCUT2D eigenvalue weighted by atomic mass is 19.1. The number of hydrogen-bond acceptors (Lipinski definition) is 4. The Morgan fingerprint density at radius 2 is 1.58 bits per heavy atom. The van der Waals surface area contributed by atoms with Gasteiger partial charge in [0, 0.05) is 18.3 Å². The average Bonchev–Trinajstić information content (AvgIpc) is 2.58. The molecule has 0 spiro atoms. The average molecular weight is 358 g/mol. The molecule has 0 radical (unpaired) electrons. The maximum atomic E-state index is 13.5. The van der Waals surface area contributed by atoms with Crippen LogP contribution in [0.5, 0.6) is 0 Å². The van der Waals surface area contributed by atoms with Crippen LogP contribution in [0.1, 0.15) is 19.4 Å². The fraction of sp³-hybridized carbons (Fsp3) is 0.211. The van der Waals surface area contributed by atoms with E-state index in [9.17, 15) is 18.8 Å². The van der Waals surface area contributed by atoms with Crippen LogP contribution >= 0.6 is 0 Å². The lowest BCUT2D eigenvalue weighted by atomic mass is 10.1. The molecular formula is C19H19FN2O4. The van der Waals surface area contributed by atoms with E-state index in [0.29, 0.717) is 11.4 Å². The SMILES string of the molecule is CC(=O)Nc1ccc(NC(=O)[C@H](C)OC(=O)Cc2ccccc2F)cc1. The van der Waals surface area contributed by atoms with Gasteiger partial charge in [-0.1, -0.05) is 18.2 Å². The minimum Gasteiger partial charge on any atom is -0.452 e. The molecule has 6 nitrogen and oxygen atoms in total. The molecule has 0 saturated heterocycles. The van der Waals surface area contributed by atoms with Crippen LogP contribution in [0, 0.1) is 5.82 Å². The largest absolute Gasteiger partial charge is 0.452 e. The third-order valence-corrected chi connectivity index (χ3v) is 3.44. The van der Waals surface area contributed by atoms with Crippen molar-refractivity contribution in [3.05, 3.63) is 59.9 Å². The van der Waals surface area contributed by atoms with Gasteiger partial charge in [0.1, 0.15) is 5.82 Å². The minimum absolute atomic E-state index is 0.197. The molecule has 0 heterocycles. The highest BCUT2D eigenvalue weighted by Gasteiger charge is 2.19. The zero-order chi connectivity index (χ0) is 19.1. The van der Waals surface area contributed by atoms with Gasteiger partial charge in [0.05, 0.1) is 6.42 Å². The van der Waals surface area contributed by atoms with Crippen molar-refractivity contribution < 1.29 is 23.5 Å². The summed E-state index contributed by atoms with van der Waals surface area (Å²) in [5.74, 6) is -1.91. The Balaban J connectivity index is 1.87.